The number of nitrogens with one attached hydrogen (secondary N) is 1. The van der Waals surface area contributed by atoms with Crippen molar-refractivity contribution in [3.8, 4) is 0 Å². The number of rotatable bonds is 1. The SMILES string of the molecule is CN1CCC(c2cnc(Cl)[nH]c2=O)CC1. The fraction of sp³-hybridized carbons (Fsp3) is 0.600. The van der Waals surface area contributed by atoms with Gasteiger partial charge in [-0.15, -0.1) is 0 Å². The summed E-state index contributed by atoms with van der Waals surface area (Å²) < 4.78 is 0. The molecule has 2 heterocycles. The lowest BCUT2D eigenvalue weighted by Crippen LogP contribution is -2.31. The summed E-state index contributed by atoms with van der Waals surface area (Å²) in [5.74, 6) is 0.328. The van der Waals surface area contributed by atoms with Crippen LogP contribution in [0.4, 0.5) is 0 Å². The topological polar surface area (TPSA) is 49.0 Å². The molecule has 0 bridgehead atoms. The molecule has 0 radical (unpaired) electrons. The average molecular weight is 228 g/mol. The zero-order valence-corrected chi connectivity index (χ0v) is 9.42. The van der Waals surface area contributed by atoms with E-state index >= 15 is 0 Å². The van der Waals surface area contributed by atoms with Crippen LogP contribution in [-0.2, 0) is 0 Å². The number of nitrogens with zero attached hydrogens (tertiary/aromatic N) is 2. The van der Waals surface area contributed by atoms with Crippen LogP contribution in [0.5, 0.6) is 0 Å². The highest BCUT2D eigenvalue weighted by Gasteiger charge is 2.20. The summed E-state index contributed by atoms with van der Waals surface area (Å²) in [6.45, 7) is 2.07. The van der Waals surface area contributed by atoms with Gasteiger partial charge in [-0.1, -0.05) is 0 Å². The van der Waals surface area contributed by atoms with Gasteiger partial charge in [-0.25, -0.2) is 4.98 Å². The smallest absolute Gasteiger partial charge is 0.255 e. The Balaban J connectivity index is 2.19. The first-order valence-corrected chi connectivity index (χ1v) is 5.48. The van der Waals surface area contributed by atoms with Crippen molar-refractivity contribution in [2.45, 2.75) is 18.8 Å². The number of piperidine rings is 1. The van der Waals surface area contributed by atoms with Crippen LogP contribution in [0, 0.1) is 0 Å². The van der Waals surface area contributed by atoms with Crippen molar-refractivity contribution in [1.82, 2.24) is 14.9 Å². The van der Waals surface area contributed by atoms with Gasteiger partial charge in [0.15, 0.2) is 0 Å². The molecule has 2 rings (SSSR count). The predicted molar refractivity (Wildman–Crippen MR) is 59.3 cm³/mol. The Bertz CT molecular complexity index is 396. The van der Waals surface area contributed by atoms with Crippen molar-refractivity contribution < 1.29 is 0 Å². The molecule has 0 unspecified atom stereocenters. The van der Waals surface area contributed by atoms with Crippen LogP contribution in [0.3, 0.4) is 0 Å². The third-order valence-corrected chi connectivity index (χ3v) is 3.15. The lowest BCUT2D eigenvalue weighted by atomic mass is 9.91. The molecular weight excluding hydrogens is 214 g/mol. The highest BCUT2D eigenvalue weighted by molar-refractivity contribution is 6.28. The first-order valence-electron chi connectivity index (χ1n) is 5.10. The van der Waals surface area contributed by atoms with Gasteiger partial charge in [0.2, 0.25) is 5.28 Å². The van der Waals surface area contributed by atoms with E-state index in [4.69, 9.17) is 11.6 Å². The molecule has 0 aromatic carbocycles. The van der Waals surface area contributed by atoms with Gasteiger partial charge in [0, 0.05) is 11.8 Å². The molecule has 1 aliphatic heterocycles. The molecule has 0 spiro atoms. The second-order valence-corrected chi connectivity index (χ2v) is 4.39. The lowest BCUT2D eigenvalue weighted by Gasteiger charge is -2.28. The maximum absolute atomic E-state index is 11.6. The van der Waals surface area contributed by atoms with E-state index in [9.17, 15) is 4.79 Å². The van der Waals surface area contributed by atoms with Gasteiger partial charge < -0.3 is 4.90 Å². The van der Waals surface area contributed by atoms with Gasteiger partial charge in [0.05, 0.1) is 0 Å². The minimum Gasteiger partial charge on any atom is -0.306 e. The summed E-state index contributed by atoms with van der Waals surface area (Å²) in [4.78, 5) is 20.4. The molecule has 5 heteroatoms. The number of hydrogen-bond donors (Lipinski definition) is 1. The van der Waals surface area contributed by atoms with E-state index in [1.54, 1.807) is 6.20 Å². The molecule has 15 heavy (non-hydrogen) atoms. The minimum absolute atomic E-state index is 0.0930. The molecule has 1 saturated heterocycles. The summed E-state index contributed by atoms with van der Waals surface area (Å²) >= 11 is 5.60. The standard InChI is InChI=1S/C10H14ClN3O/c1-14-4-2-7(3-5-14)8-6-12-10(11)13-9(8)15/h6-7H,2-5H2,1H3,(H,12,13,15). The number of H-pyrrole nitrogens is 1. The van der Waals surface area contributed by atoms with Crippen LogP contribution in [0.15, 0.2) is 11.0 Å². The molecule has 0 atom stereocenters. The fourth-order valence-electron chi connectivity index (χ4n) is 1.99. The second-order valence-electron chi connectivity index (χ2n) is 4.04. The Labute approximate surface area is 93.3 Å². The van der Waals surface area contributed by atoms with Crippen LogP contribution >= 0.6 is 11.6 Å². The highest BCUT2D eigenvalue weighted by Crippen LogP contribution is 2.24. The lowest BCUT2D eigenvalue weighted by molar-refractivity contribution is 0.254. The normalized spacial score (nSPS) is 19.3. The fourth-order valence-corrected chi connectivity index (χ4v) is 2.13. The summed E-state index contributed by atoms with van der Waals surface area (Å²) in [7, 11) is 2.10. The van der Waals surface area contributed by atoms with E-state index in [2.05, 4.69) is 21.9 Å². The van der Waals surface area contributed by atoms with Crippen molar-refractivity contribution >= 4 is 11.6 Å². The molecule has 1 aliphatic rings. The molecule has 1 N–H and O–H groups in total. The minimum atomic E-state index is -0.0930. The van der Waals surface area contributed by atoms with Crippen LogP contribution in [-0.4, -0.2) is 35.0 Å². The van der Waals surface area contributed by atoms with Crippen LogP contribution in [0.25, 0.3) is 0 Å². The molecule has 1 fully saturated rings. The molecule has 82 valence electrons. The van der Waals surface area contributed by atoms with Crippen LogP contribution in [0.1, 0.15) is 24.3 Å². The van der Waals surface area contributed by atoms with Crippen molar-refractivity contribution in [3.63, 3.8) is 0 Å². The Morgan fingerprint density at radius 1 is 1.53 bits per heavy atom. The van der Waals surface area contributed by atoms with E-state index in [0.29, 0.717) is 5.92 Å². The zero-order chi connectivity index (χ0) is 10.8. The molecule has 0 amide bonds. The Morgan fingerprint density at radius 2 is 2.20 bits per heavy atom. The summed E-state index contributed by atoms with van der Waals surface area (Å²) in [5.41, 5.74) is 0.678. The third kappa shape index (κ3) is 2.38. The highest BCUT2D eigenvalue weighted by atomic mass is 35.5. The molecule has 4 nitrogen and oxygen atoms in total. The van der Waals surface area contributed by atoms with Crippen LogP contribution in [0.2, 0.25) is 5.28 Å². The summed E-state index contributed by atoms with van der Waals surface area (Å²) in [6, 6.07) is 0. The third-order valence-electron chi connectivity index (χ3n) is 2.95. The Morgan fingerprint density at radius 3 is 2.80 bits per heavy atom. The van der Waals surface area contributed by atoms with E-state index in [1.807, 2.05) is 0 Å². The first kappa shape index (κ1) is 10.6. The maximum Gasteiger partial charge on any atom is 0.255 e. The molecular formula is C10H14ClN3O. The van der Waals surface area contributed by atoms with Gasteiger partial charge in [-0.05, 0) is 50.5 Å². The molecule has 1 aromatic heterocycles. The average Bonchev–Trinajstić information content (AvgIpc) is 2.20. The molecule has 1 aromatic rings. The molecule has 0 saturated carbocycles. The van der Waals surface area contributed by atoms with E-state index in [-0.39, 0.29) is 10.8 Å². The van der Waals surface area contributed by atoms with E-state index in [0.717, 1.165) is 31.5 Å². The van der Waals surface area contributed by atoms with Gasteiger partial charge in [0.1, 0.15) is 0 Å². The van der Waals surface area contributed by atoms with Crippen molar-refractivity contribution in [1.29, 1.82) is 0 Å². The maximum atomic E-state index is 11.6. The van der Waals surface area contributed by atoms with Crippen LogP contribution < -0.4 is 5.56 Å². The summed E-state index contributed by atoms with van der Waals surface area (Å²) in [6.07, 6.45) is 3.64. The van der Waals surface area contributed by atoms with Crippen molar-refractivity contribution in [2.24, 2.45) is 0 Å². The number of hydrogen-bond acceptors (Lipinski definition) is 3. The quantitative estimate of drug-likeness (QED) is 0.735. The van der Waals surface area contributed by atoms with E-state index < -0.39 is 0 Å². The van der Waals surface area contributed by atoms with Crippen molar-refractivity contribution in [2.75, 3.05) is 20.1 Å². The van der Waals surface area contributed by atoms with Gasteiger partial charge in [-0.2, -0.15) is 0 Å². The Kier molecular flexibility index (Phi) is 3.07. The zero-order valence-electron chi connectivity index (χ0n) is 8.66. The first-order chi connectivity index (χ1) is 7.16. The number of aromatic nitrogens is 2. The monoisotopic (exact) mass is 227 g/mol. The van der Waals surface area contributed by atoms with Crippen molar-refractivity contribution in [3.05, 3.63) is 27.4 Å². The Hall–Kier alpha value is -0.870. The molecule has 0 aliphatic carbocycles. The van der Waals surface area contributed by atoms with E-state index in [1.165, 1.54) is 0 Å². The number of halogens is 1. The van der Waals surface area contributed by atoms with Gasteiger partial charge in [0.25, 0.3) is 5.56 Å². The van der Waals surface area contributed by atoms with Gasteiger partial charge >= 0.3 is 0 Å². The second kappa shape index (κ2) is 4.33. The number of aromatic amines is 1. The predicted octanol–water partition coefficient (Wildman–Crippen LogP) is 1.23. The summed E-state index contributed by atoms with van der Waals surface area (Å²) in [5, 5.41) is 0.164. The van der Waals surface area contributed by atoms with Gasteiger partial charge in [-0.3, -0.25) is 9.78 Å². The largest absolute Gasteiger partial charge is 0.306 e. The number of likely N-dealkylation sites (tertiary alicyclic amines) is 1.